The number of amides is 3. The van der Waals surface area contributed by atoms with Crippen LogP contribution in [0.2, 0.25) is 0 Å². The molecule has 0 aliphatic heterocycles. The van der Waals surface area contributed by atoms with Crippen LogP contribution in [0.25, 0.3) is 10.9 Å². The maximum Gasteiger partial charge on any atom is 0.316 e. The van der Waals surface area contributed by atoms with E-state index >= 15 is 0 Å². The van der Waals surface area contributed by atoms with Crippen molar-refractivity contribution in [2.45, 2.75) is 58.2 Å². The van der Waals surface area contributed by atoms with E-state index in [9.17, 15) is 9.59 Å². The Bertz CT molecular complexity index is 1070. The van der Waals surface area contributed by atoms with Gasteiger partial charge in [0.2, 0.25) is 5.91 Å². The lowest BCUT2D eigenvalue weighted by Crippen LogP contribution is -2.61. The molecule has 6 heteroatoms. The predicted octanol–water partition coefficient (Wildman–Crippen LogP) is 3.77. The van der Waals surface area contributed by atoms with Crippen molar-refractivity contribution in [3.8, 4) is 0 Å². The number of primary amides is 1. The van der Waals surface area contributed by atoms with E-state index in [-0.39, 0.29) is 0 Å². The van der Waals surface area contributed by atoms with Gasteiger partial charge in [-0.05, 0) is 51.3 Å². The third-order valence-corrected chi connectivity index (χ3v) is 5.32. The second kappa shape index (κ2) is 8.84. The van der Waals surface area contributed by atoms with Gasteiger partial charge in [0, 0.05) is 35.6 Å². The van der Waals surface area contributed by atoms with Gasteiger partial charge in [-0.25, -0.2) is 4.79 Å². The number of nitrogens with two attached hydrogens (primary N) is 1. The summed E-state index contributed by atoms with van der Waals surface area (Å²) < 4.78 is 2.20. The molecule has 1 unspecified atom stereocenters. The molecule has 0 saturated heterocycles. The Morgan fingerprint density at radius 1 is 0.935 bits per heavy atom. The van der Waals surface area contributed by atoms with Crippen LogP contribution in [0.3, 0.4) is 0 Å². The molecule has 3 aromatic rings. The highest BCUT2D eigenvalue weighted by molar-refractivity contribution is 5.91. The van der Waals surface area contributed by atoms with E-state index in [1.807, 2.05) is 57.2 Å². The molecule has 0 fully saturated rings. The third kappa shape index (κ3) is 5.66. The Labute approximate surface area is 183 Å². The van der Waals surface area contributed by atoms with Crippen molar-refractivity contribution in [3.05, 3.63) is 71.9 Å². The zero-order chi connectivity index (χ0) is 22.6. The van der Waals surface area contributed by atoms with Crippen molar-refractivity contribution in [2.24, 2.45) is 5.73 Å². The number of carbonyl (C=O) groups excluding carboxylic acids is 2. The zero-order valence-corrected chi connectivity index (χ0v) is 18.7. The number of hydrogen-bond acceptors (Lipinski definition) is 2. The summed E-state index contributed by atoms with van der Waals surface area (Å²) in [5.41, 5.74) is 7.43. The van der Waals surface area contributed by atoms with Gasteiger partial charge in [-0.2, -0.15) is 0 Å². The van der Waals surface area contributed by atoms with Crippen molar-refractivity contribution in [2.75, 3.05) is 0 Å². The number of benzene rings is 2. The lowest BCUT2D eigenvalue weighted by atomic mass is 9.92. The first kappa shape index (κ1) is 22.4. The molecule has 0 aliphatic carbocycles. The van der Waals surface area contributed by atoms with E-state index in [2.05, 4.69) is 39.6 Å². The van der Waals surface area contributed by atoms with Gasteiger partial charge in [0.15, 0.2) is 0 Å². The maximum absolute atomic E-state index is 12.5. The highest BCUT2D eigenvalue weighted by Crippen LogP contribution is 2.26. The highest BCUT2D eigenvalue weighted by atomic mass is 16.2. The average molecular weight is 421 g/mol. The topological polar surface area (TPSA) is 89.2 Å². The van der Waals surface area contributed by atoms with Crippen molar-refractivity contribution < 1.29 is 9.59 Å². The number of carbonyl (C=O) groups is 2. The van der Waals surface area contributed by atoms with Gasteiger partial charge in [-0.15, -0.1) is 0 Å². The molecule has 1 atom stereocenters. The molecule has 0 spiro atoms. The average Bonchev–Trinajstić information content (AvgIpc) is 3.03. The number of hydrogen-bond donors (Lipinski definition) is 3. The molecule has 6 nitrogen and oxygen atoms in total. The summed E-state index contributed by atoms with van der Waals surface area (Å²) in [6.07, 6.45) is 3.27. The van der Waals surface area contributed by atoms with Crippen LogP contribution in [0.1, 0.15) is 38.8 Å². The summed E-state index contributed by atoms with van der Waals surface area (Å²) >= 11 is 0. The number of rotatable bonds is 7. The predicted molar refractivity (Wildman–Crippen MR) is 125 cm³/mol. The Kier molecular flexibility index (Phi) is 6.39. The minimum atomic E-state index is -1.22. The number of urea groups is 1. The van der Waals surface area contributed by atoms with Crippen LogP contribution in [0, 0.1) is 0 Å². The molecule has 0 radical (unpaired) electrons. The second-order valence-corrected chi connectivity index (χ2v) is 9.30. The van der Waals surface area contributed by atoms with Crippen molar-refractivity contribution in [1.82, 2.24) is 15.2 Å². The minimum Gasteiger partial charge on any atom is -0.368 e. The van der Waals surface area contributed by atoms with Crippen LogP contribution in [-0.4, -0.2) is 27.6 Å². The molecule has 3 amide bonds. The Hall–Kier alpha value is -3.28. The van der Waals surface area contributed by atoms with Gasteiger partial charge in [0.05, 0.1) is 0 Å². The zero-order valence-electron chi connectivity index (χ0n) is 18.7. The molecule has 31 heavy (non-hydrogen) atoms. The Morgan fingerprint density at radius 3 is 2.23 bits per heavy atom. The summed E-state index contributed by atoms with van der Waals surface area (Å²) in [6.45, 7) is 8.14. The first-order valence-electron chi connectivity index (χ1n) is 10.6. The van der Waals surface area contributed by atoms with Crippen molar-refractivity contribution in [1.29, 1.82) is 0 Å². The lowest BCUT2D eigenvalue weighted by molar-refractivity contribution is -0.123. The maximum atomic E-state index is 12.5. The molecule has 4 N–H and O–H groups in total. The van der Waals surface area contributed by atoms with Crippen molar-refractivity contribution >= 4 is 22.8 Å². The standard InChI is InChI=1S/C25H32N4O2/c1-24(2,3)27-23(31)28-25(4,22(26)30)16-19-17-29(21-13-9-8-12-20(19)21)15-14-18-10-6-5-7-11-18/h5-13,17H,14-16H2,1-4H3,(H2,26,30)(H2,27,28,31). The molecule has 1 aromatic heterocycles. The smallest absolute Gasteiger partial charge is 0.316 e. The number of nitrogens with zero attached hydrogens (tertiary/aromatic N) is 1. The molecule has 0 bridgehead atoms. The molecule has 3 rings (SSSR count). The van der Waals surface area contributed by atoms with Gasteiger partial charge in [0.1, 0.15) is 5.54 Å². The fourth-order valence-corrected chi connectivity index (χ4v) is 3.74. The fraction of sp³-hybridized carbons (Fsp3) is 0.360. The first-order chi connectivity index (χ1) is 14.6. The van der Waals surface area contributed by atoms with Gasteiger partial charge in [-0.1, -0.05) is 48.5 Å². The summed E-state index contributed by atoms with van der Waals surface area (Å²) in [6, 6.07) is 18.0. The summed E-state index contributed by atoms with van der Waals surface area (Å²) in [5, 5.41) is 6.69. The number of fused-ring (bicyclic) bond motifs is 1. The molecule has 0 saturated carbocycles. The molecular weight excluding hydrogens is 388 g/mol. The van der Waals surface area contributed by atoms with E-state index in [4.69, 9.17) is 5.73 Å². The quantitative estimate of drug-likeness (QED) is 0.543. The first-order valence-corrected chi connectivity index (χ1v) is 10.6. The largest absolute Gasteiger partial charge is 0.368 e. The summed E-state index contributed by atoms with van der Waals surface area (Å²) in [5.74, 6) is -0.572. The Balaban J connectivity index is 1.86. The van der Waals surface area contributed by atoms with E-state index in [1.54, 1.807) is 6.92 Å². The molecule has 1 heterocycles. The van der Waals surface area contributed by atoms with E-state index in [1.165, 1.54) is 5.56 Å². The third-order valence-electron chi connectivity index (χ3n) is 5.32. The van der Waals surface area contributed by atoms with Crippen LogP contribution < -0.4 is 16.4 Å². The van der Waals surface area contributed by atoms with Crippen LogP contribution in [0.15, 0.2) is 60.8 Å². The molecular formula is C25H32N4O2. The number of aryl methyl sites for hydroxylation is 2. The van der Waals surface area contributed by atoms with E-state index in [0.29, 0.717) is 6.42 Å². The number of aromatic nitrogens is 1. The highest BCUT2D eigenvalue weighted by Gasteiger charge is 2.35. The number of para-hydroxylation sites is 1. The monoisotopic (exact) mass is 420 g/mol. The summed E-state index contributed by atoms with van der Waals surface area (Å²) in [4.78, 5) is 24.8. The fourth-order valence-electron chi connectivity index (χ4n) is 3.74. The van der Waals surface area contributed by atoms with Gasteiger partial charge >= 0.3 is 6.03 Å². The summed E-state index contributed by atoms with van der Waals surface area (Å²) in [7, 11) is 0. The molecule has 0 aliphatic rings. The SMILES string of the molecule is CC(C)(C)NC(=O)NC(C)(Cc1cn(CCc2ccccc2)c2ccccc12)C(N)=O. The van der Waals surface area contributed by atoms with Crippen LogP contribution in [-0.2, 0) is 24.2 Å². The van der Waals surface area contributed by atoms with Crippen LogP contribution in [0.5, 0.6) is 0 Å². The van der Waals surface area contributed by atoms with E-state index < -0.39 is 23.0 Å². The molecule has 164 valence electrons. The van der Waals surface area contributed by atoms with E-state index in [0.717, 1.165) is 29.4 Å². The number of nitrogens with one attached hydrogen (secondary N) is 2. The van der Waals surface area contributed by atoms with Crippen molar-refractivity contribution in [3.63, 3.8) is 0 Å². The minimum absolute atomic E-state index is 0.304. The van der Waals surface area contributed by atoms with Gasteiger partial charge < -0.3 is 20.9 Å². The molecule has 2 aromatic carbocycles. The normalized spacial score (nSPS) is 13.5. The Morgan fingerprint density at radius 2 is 1.58 bits per heavy atom. The van der Waals surface area contributed by atoms with Crippen LogP contribution in [0.4, 0.5) is 4.79 Å². The lowest BCUT2D eigenvalue weighted by Gasteiger charge is -2.30. The van der Waals surface area contributed by atoms with Crippen LogP contribution >= 0.6 is 0 Å². The second-order valence-electron chi connectivity index (χ2n) is 9.30. The van der Waals surface area contributed by atoms with Gasteiger partial charge in [0.25, 0.3) is 0 Å². The van der Waals surface area contributed by atoms with Gasteiger partial charge in [-0.3, -0.25) is 4.79 Å².